The normalized spacial score (nSPS) is 11.9. The Hall–Kier alpha value is -0.610. The number of carbonyl (C=O) groups excluding carboxylic acids is 1. The molecule has 0 radical (unpaired) electrons. The number of hydrogen-bond acceptors (Lipinski definition) is 3. The maximum Gasteiger partial charge on any atom is 0.220 e. The highest BCUT2D eigenvalue weighted by Crippen LogP contribution is 2.17. The zero-order valence-corrected chi connectivity index (χ0v) is 10.5. The van der Waals surface area contributed by atoms with E-state index < -0.39 is 0 Å². The third-order valence-corrected chi connectivity index (χ3v) is 2.30. The van der Waals surface area contributed by atoms with Crippen LogP contribution >= 0.6 is 0 Å². The molecule has 0 heterocycles. The lowest BCUT2D eigenvalue weighted by Crippen LogP contribution is -2.34. The zero-order chi connectivity index (χ0) is 11.9. The van der Waals surface area contributed by atoms with E-state index >= 15 is 0 Å². The van der Waals surface area contributed by atoms with Gasteiger partial charge in [0.15, 0.2) is 0 Å². The lowest BCUT2D eigenvalue weighted by molar-refractivity contribution is -0.122. The molecule has 0 bridgehead atoms. The second-order valence-corrected chi connectivity index (χ2v) is 5.05. The first-order valence-corrected chi connectivity index (χ1v) is 5.49. The first kappa shape index (κ1) is 14.4. The van der Waals surface area contributed by atoms with Gasteiger partial charge in [-0.2, -0.15) is 0 Å². The molecule has 0 rings (SSSR count). The van der Waals surface area contributed by atoms with E-state index in [2.05, 4.69) is 10.2 Å². The molecule has 0 unspecified atom stereocenters. The summed E-state index contributed by atoms with van der Waals surface area (Å²) in [5.74, 6) is 0.101. The predicted molar refractivity (Wildman–Crippen MR) is 63.6 cm³/mol. The molecule has 0 aromatic carbocycles. The van der Waals surface area contributed by atoms with Crippen LogP contribution in [0.3, 0.4) is 0 Å². The van der Waals surface area contributed by atoms with Gasteiger partial charge in [-0.1, -0.05) is 13.8 Å². The maximum absolute atomic E-state index is 11.5. The van der Waals surface area contributed by atoms with Gasteiger partial charge in [0.2, 0.25) is 5.91 Å². The van der Waals surface area contributed by atoms with Crippen molar-refractivity contribution >= 4 is 5.91 Å². The summed E-state index contributed by atoms with van der Waals surface area (Å²) in [5, 5.41) is 2.91. The van der Waals surface area contributed by atoms with Gasteiger partial charge in [0.1, 0.15) is 0 Å². The minimum absolute atomic E-state index is 0.0916. The number of hydrogen-bond donors (Lipinski definition) is 2. The topological polar surface area (TPSA) is 58.4 Å². The molecule has 0 fully saturated rings. The van der Waals surface area contributed by atoms with Crippen molar-refractivity contribution in [1.29, 1.82) is 0 Å². The predicted octanol–water partition coefficient (Wildman–Crippen LogP) is 0.429. The fourth-order valence-corrected chi connectivity index (χ4v) is 1.19. The monoisotopic (exact) mass is 215 g/mol. The Labute approximate surface area is 93.2 Å². The third kappa shape index (κ3) is 8.39. The fourth-order valence-electron chi connectivity index (χ4n) is 1.19. The van der Waals surface area contributed by atoms with Crippen molar-refractivity contribution in [2.24, 2.45) is 11.1 Å². The maximum atomic E-state index is 11.5. The molecule has 0 aromatic heterocycles. The van der Waals surface area contributed by atoms with E-state index in [9.17, 15) is 4.79 Å². The second-order valence-electron chi connectivity index (χ2n) is 5.05. The Bertz CT molecular complexity index is 190. The molecule has 0 aliphatic rings. The summed E-state index contributed by atoms with van der Waals surface area (Å²) in [7, 11) is 4.05. The minimum atomic E-state index is -0.0916. The summed E-state index contributed by atoms with van der Waals surface area (Å²) in [5.41, 5.74) is 5.47. The smallest absolute Gasteiger partial charge is 0.220 e. The van der Waals surface area contributed by atoms with Crippen LogP contribution in [0.15, 0.2) is 0 Å². The van der Waals surface area contributed by atoms with E-state index in [0.29, 0.717) is 13.0 Å². The highest BCUT2D eigenvalue weighted by atomic mass is 16.1. The van der Waals surface area contributed by atoms with Crippen LogP contribution in [0.2, 0.25) is 0 Å². The van der Waals surface area contributed by atoms with Gasteiger partial charge in [0.25, 0.3) is 0 Å². The molecule has 1 amide bonds. The molecular weight excluding hydrogens is 190 g/mol. The molecule has 0 aromatic rings. The van der Waals surface area contributed by atoms with Crippen molar-refractivity contribution in [3.8, 4) is 0 Å². The summed E-state index contributed by atoms with van der Waals surface area (Å²) in [6, 6.07) is 0. The van der Waals surface area contributed by atoms with E-state index in [1.54, 1.807) is 0 Å². The Morgan fingerprint density at radius 1 is 1.40 bits per heavy atom. The van der Waals surface area contributed by atoms with Gasteiger partial charge in [-0.25, -0.2) is 0 Å². The average molecular weight is 215 g/mol. The van der Waals surface area contributed by atoms with Crippen LogP contribution in [-0.2, 0) is 4.79 Å². The first-order valence-electron chi connectivity index (χ1n) is 5.49. The van der Waals surface area contributed by atoms with Gasteiger partial charge in [0.05, 0.1) is 0 Å². The van der Waals surface area contributed by atoms with Crippen LogP contribution < -0.4 is 11.1 Å². The Kier molecular flexibility index (Phi) is 6.52. The zero-order valence-electron chi connectivity index (χ0n) is 10.5. The van der Waals surface area contributed by atoms with E-state index in [1.165, 1.54) is 0 Å². The highest BCUT2D eigenvalue weighted by molar-refractivity contribution is 5.76. The second kappa shape index (κ2) is 6.80. The Morgan fingerprint density at radius 2 is 2.00 bits per heavy atom. The summed E-state index contributed by atoms with van der Waals surface area (Å²) < 4.78 is 0. The average Bonchev–Trinajstić information content (AvgIpc) is 2.11. The molecule has 4 heteroatoms. The molecule has 3 N–H and O–H groups in total. The van der Waals surface area contributed by atoms with Crippen molar-refractivity contribution in [3.63, 3.8) is 0 Å². The molecule has 0 spiro atoms. The third-order valence-electron chi connectivity index (χ3n) is 2.30. The highest BCUT2D eigenvalue weighted by Gasteiger charge is 2.19. The largest absolute Gasteiger partial charge is 0.356 e. The molecule has 4 nitrogen and oxygen atoms in total. The van der Waals surface area contributed by atoms with E-state index in [1.807, 2.05) is 27.9 Å². The van der Waals surface area contributed by atoms with Crippen molar-refractivity contribution < 1.29 is 4.79 Å². The van der Waals surface area contributed by atoms with E-state index in [4.69, 9.17) is 5.73 Å². The summed E-state index contributed by atoms with van der Waals surface area (Å²) in [6.45, 7) is 6.30. The van der Waals surface area contributed by atoms with Crippen LogP contribution in [0.4, 0.5) is 0 Å². The molecule has 0 saturated carbocycles. The summed E-state index contributed by atoms with van der Waals surface area (Å²) >= 11 is 0. The van der Waals surface area contributed by atoms with Crippen LogP contribution in [0.5, 0.6) is 0 Å². The summed E-state index contributed by atoms with van der Waals surface area (Å²) in [4.78, 5) is 13.6. The van der Waals surface area contributed by atoms with Crippen molar-refractivity contribution in [2.45, 2.75) is 26.7 Å². The van der Waals surface area contributed by atoms with Gasteiger partial charge in [-0.05, 0) is 39.0 Å². The number of carbonyl (C=O) groups is 1. The van der Waals surface area contributed by atoms with E-state index in [-0.39, 0.29) is 11.3 Å². The van der Waals surface area contributed by atoms with Crippen LogP contribution in [0.1, 0.15) is 26.7 Å². The Balaban J connectivity index is 3.58. The SMILES string of the molecule is CN(C)CCCNC(=O)CC(C)(C)CN. The minimum Gasteiger partial charge on any atom is -0.356 e. The number of nitrogens with one attached hydrogen (secondary N) is 1. The van der Waals surface area contributed by atoms with Gasteiger partial charge in [0, 0.05) is 13.0 Å². The lowest BCUT2D eigenvalue weighted by atomic mass is 9.89. The lowest BCUT2D eigenvalue weighted by Gasteiger charge is -2.21. The van der Waals surface area contributed by atoms with Gasteiger partial charge < -0.3 is 16.0 Å². The molecule has 0 atom stereocenters. The van der Waals surface area contributed by atoms with E-state index in [0.717, 1.165) is 19.5 Å². The van der Waals surface area contributed by atoms with Gasteiger partial charge in [-0.3, -0.25) is 4.79 Å². The van der Waals surface area contributed by atoms with Crippen LogP contribution in [0, 0.1) is 5.41 Å². The number of amides is 1. The van der Waals surface area contributed by atoms with Gasteiger partial charge in [-0.15, -0.1) is 0 Å². The molecule has 15 heavy (non-hydrogen) atoms. The number of nitrogens with two attached hydrogens (primary N) is 1. The standard InChI is InChI=1S/C11H25N3O/c1-11(2,9-12)8-10(15)13-6-5-7-14(3)4/h5-9,12H2,1-4H3,(H,13,15). The van der Waals surface area contributed by atoms with Crippen molar-refractivity contribution in [1.82, 2.24) is 10.2 Å². The first-order chi connectivity index (χ1) is 6.87. The van der Waals surface area contributed by atoms with Crippen molar-refractivity contribution in [3.05, 3.63) is 0 Å². The molecule has 0 aliphatic carbocycles. The van der Waals surface area contributed by atoms with Gasteiger partial charge >= 0.3 is 0 Å². The molecule has 0 aliphatic heterocycles. The van der Waals surface area contributed by atoms with Crippen LogP contribution in [0.25, 0.3) is 0 Å². The number of nitrogens with zero attached hydrogens (tertiary/aromatic N) is 1. The Morgan fingerprint density at radius 3 is 2.47 bits per heavy atom. The molecular formula is C11H25N3O. The number of rotatable bonds is 7. The molecule has 90 valence electrons. The quantitative estimate of drug-likeness (QED) is 0.606. The molecule has 0 saturated heterocycles. The fraction of sp³-hybridized carbons (Fsp3) is 0.909. The summed E-state index contributed by atoms with van der Waals surface area (Å²) in [6.07, 6.45) is 1.49. The van der Waals surface area contributed by atoms with Crippen molar-refractivity contribution in [2.75, 3.05) is 33.7 Å². The van der Waals surface area contributed by atoms with Crippen LogP contribution in [-0.4, -0.2) is 44.5 Å².